The lowest BCUT2D eigenvalue weighted by molar-refractivity contribution is 0.354. The van der Waals surface area contributed by atoms with E-state index >= 15 is 0 Å². The highest BCUT2D eigenvalue weighted by Crippen LogP contribution is 2.31. The summed E-state index contributed by atoms with van der Waals surface area (Å²) in [6, 6.07) is 5.55. The fourth-order valence-corrected chi connectivity index (χ4v) is 3.04. The number of methoxy groups -OCH3 is 2. The van der Waals surface area contributed by atoms with Gasteiger partial charge in [-0.3, -0.25) is 13.9 Å². The second kappa shape index (κ2) is 7.53. The van der Waals surface area contributed by atoms with E-state index in [-0.39, 0.29) is 11.2 Å². The summed E-state index contributed by atoms with van der Waals surface area (Å²) in [6.45, 7) is 4.34. The van der Waals surface area contributed by atoms with Gasteiger partial charge >= 0.3 is 5.69 Å². The summed E-state index contributed by atoms with van der Waals surface area (Å²) < 4.78 is 13.4. The van der Waals surface area contributed by atoms with Gasteiger partial charge in [-0.15, -0.1) is 0 Å². The number of rotatable bonds is 6. The molecule has 0 radical (unpaired) electrons. The minimum Gasteiger partial charge on any atom is -0.493 e. The molecule has 3 aromatic rings. The Bertz CT molecular complexity index is 1120. The molecule has 0 saturated carbocycles. The molecule has 0 atom stereocenters. The predicted octanol–water partition coefficient (Wildman–Crippen LogP) is 2.11. The van der Waals surface area contributed by atoms with Crippen molar-refractivity contribution in [2.75, 3.05) is 14.2 Å². The molecule has 1 N–H and O–H groups in total. The topological polar surface area (TPSA) is 91.1 Å². The van der Waals surface area contributed by atoms with Crippen LogP contribution in [0.3, 0.4) is 0 Å². The first kappa shape index (κ1) is 18.5. The van der Waals surface area contributed by atoms with E-state index in [2.05, 4.69) is 9.97 Å². The average Bonchev–Trinajstić information content (AvgIpc) is 3.11. The Labute approximate surface area is 155 Å². The van der Waals surface area contributed by atoms with Crippen LogP contribution in [-0.2, 0) is 13.1 Å². The average molecular weight is 370 g/mol. The number of nitrogens with zero attached hydrogens (tertiary/aromatic N) is 3. The van der Waals surface area contributed by atoms with Gasteiger partial charge in [-0.1, -0.05) is 12.1 Å². The van der Waals surface area contributed by atoms with Crippen molar-refractivity contribution in [1.29, 1.82) is 0 Å². The molecule has 3 rings (SSSR count). The minimum absolute atomic E-state index is 0.304. The summed E-state index contributed by atoms with van der Waals surface area (Å²) in [7, 11) is 3.15. The number of ether oxygens (including phenoxy) is 2. The molecule has 0 spiro atoms. The third kappa shape index (κ3) is 3.14. The van der Waals surface area contributed by atoms with Crippen LogP contribution in [0.15, 0.2) is 27.8 Å². The molecule has 0 aliphatic rings. The van der Waals surface area contributed by atoms with Gasteiger partial charge in [0.05, 0.1) is 14.2 Å². The van der Waals surface area contributed by atoms with E-state index in [1.165, 1.54) is 9.13 Å². The van der Waals surface area contributed by atoms with Gasteiger partial charge in [0.1, 0.15) is 11.3 Å². The Balaban J connectivity index is 2.12. The highest BCUT2D eigenvalue weighted by Gasteiger charge is 2.15. The van der Waals surface area contributed by atoms with Crippen molar-refractivity contribution in [2.24, 2.45) is 0 Å². The highest BCUT2D eigenvalue weighted by molar-refractivity contribution is 5.77. The smallest absolute Gasteiger partial charge is 0.332 e. The van der Waals surface area contributed by atoms with E-state index in [1.807, 2.05) is 31.2 Å². The van der Waals surface area contributed by atoms with Gasteiger partial charge in [-0.05, 0) is 32.1 Å². The summed E-state index contributed by atoms with van der Waals surface area (Å²) >= 11 is 0. The lowest BCUT2D eigenvalue weighted by Crippen LogP contribution is -2.39. The maximum Gasteiger partial charge on any atom is 0.332 e. The summed E-state index contributed by atoms with van der Waals surface area (Å²) in [5, 5.41) is 0. The van der Waals surface area contributed by atoms with Gasteiger partial charge in [0, 0.05) is 18.7 Å². The van der Waals surface area contributed by atoms with E-state index in [1.54, 1.807) is 27.2 Å². The Hall–Kier alpha value is -3.29. The van der Waals surface area contributed by atoms with Crippen molar-refractivity contribution in [1.82, 2.24) is 19.1 Å². The van der Waals surface area contributed by atoms with Crippen molar-refractivity contribution in [3.05, 3.63) is 50.4 Å². The van der Waals surface area contributed by atoms with Crippen LogP contribution in [0.5, 0.6) is 11.5 Å². The third-order valence-corrected chi connectivity index (χ3v) is 4.37. The van der Waals surface area contributed by atoms with Gasteiger partial charge in [-0.25, -0.2) is 9.78 Å². The molecule has 8 nitrogen and oxygen atoms in total. The van der Waals surface area contributed by atoms with Crippen LogP contribution < -0.4 is 20.7 Å². The van der Waals surface area contributed by atoms with Crippen LogP contribution in [0.25, 0.3) is 23.3 Å². The largest absolute Gasteiger partial charge is 0.493 e. The number of aryl methyl sites for hydroxylation is 1. The second-order valence-corrected chi connectivity index (χ2v) is 5.81. The molecule has 0 fully saturated rings. The highest BCUT2D eigenvalue weighted by atomic mass is 16.5. The molecule has 142 valence electrons. The molecule has 0 amide bonds. The third-order valence-electron chi connectivity index (χ3n) is 4.37. The molecule has 1 aromatic carbocycles. The van der Waals surface area contributed by atoms with E-state index in [0.29, 0.717) is 41.6 Å². The fraction of sp³-hybridized carbons (Fsp3) is 0.316. The van der Waals surface area contributed by atoms with Crippen LogP contribution in [0.2, 0.25) is 0 Å². The standard InChI is InChI=1S/C19H22N4O4/c1-5-22-17-15(18(24)23(6-2)19(22)25)20-14(21-17)11-10-12-8-7-9-13(26-3)16(12)27-4/h7-11H,5-6H2,1-4H3,(H,20,21). The monoisotopic (exact) mass is 370 g/mol. The van der Waals surface area contributed by atoms with Crippen LogP contribution >= 0.6 is 0 Å². The SMILES string of the molecule is CCn1c(=O)c2[nH]c(C=Cc3cccc(OC)c3OC)nc2n(CC)c1=O. The van der Waals surface area contributed by atoms with Gasteiger partial charge in [0.25, 0.3) is 5.56 Å². The predicted molar refractivity (Wildman–Crippen MR) is 104 cm³/mol. The van der Waals surface area contributed by atoms with E-state index in [9.17, 15) is 9.59 Å². The van der Waals surface area contributed by atoms with E-state index < -0.39 is 0 Å². The molecular weight excluding hydrogens is 348 g/mol. The number of benzene rings is 1. The lowest BCUT2D eigenvalue weighted by Gasteiger charge is -2.09. The molecule has 0 unspecified atom stereocenters. The normalized spacial score (nSPS) is 11.4. The Kier molecular flexibility index (Phi) is 5.16. The molecule has 2 heterocycles. The lowest BCUT2D eigenvalue weighted by atomic mass is 10.1. The molecule has 27 heavy (non-hydrogen) atoms. The fourth-order valence-electron chi connectivity index (χ4n) is 3.04. The summed E-state index contributed by atoms with van der Waals surface area (Å²) in [6.07, 6.45) is 3.54. The van der Waals surface area contributed by atoms with Crippen molar-refractivity contribution >= 4 is 23.3 Å². The number of imidazole rings is 1. The summed E-state index contributed by atoms with van der Waals surface area (Å²) in [5.41, 5.74) is 0.753. The number of aromatic nitrogens is 4. The number of H-pyrrole nitrogens is 1. The number of hydrogen-bond acceptors (Lipinski definition) is 5. The van der Waals surface area contributed by atoms with Crippen LogP contribution in [0.1, 0.15) is 25.2 Å². The summed E-state index contributed by atoms with van der Waals surface area (Å²) in [4.78, 5) is 32.4. The first-order chi connectivity index (χ1) is 13.0. The number of fused-ring (bicyclic) bond motifs is 1. The number of aromatic amines is 1. The minimum atomic E-state index is -0.367. The van der Waals surface area contributed by atoms with Crippen molar-refractivity contribution in [2.45, 2.75) is 26.9 Å². The van der Waals surface area contributed by atoms with Gasteiger partial charge in [0.2, 0.25) is 0 Å². The van der Waals surface area contributed by atoms with Gasteiger partial charge < -0.3 is 14.5 Å². The first-order valence-corrected chi connectivity index (χ1v) is 8.68. The van der Waals surface area contributed by atoms with Gasteiger partial charge in [-0.2, -0.15) is 0 Å². The van der Waals surface area contributed by atoms with E-state index in [4.69, 9.17) is 9.47 Å². The molecule has 8 heteroatoms. The van der Waals surface area contributed by atoms with Gasteiger partial charge in [0.15, 0.2) is 17.1 Å². The second-order valence-electron chi connectivity index (χ2n) is 5.81. The Morgan fingerprint density at radius 1 is 1.07 bits per heavy atom. The van der Waals surface area contributed by atoms with E-state index in [0.717, 1.165) is 5.56 Å². The Morgan fingerprint density at radius 2 is 1.81 bits per heavy atom. The maximum atomic E-state index is 12.5. The summed E-state index contributed by atoms with van der Waals surface area (Å²) in [5.74, 6) is 1.70. The quantitative estimate of drug-likeness (QED) is 0.718. The molecular formula is C19H22N4O4. The molecule has 2 aromatic heterocycles. The zero-order chi connectivity index (χ0) is 19.6. The number of para-hydroxylation sites is 1. The van der Waals surface area contributed by atoms with Crippen molar-refractivity contribution in [3.8, 4) is 11.5 Å². The van der Waals surface area contributed by atoms with Crippen LogP contribution in [-0.4, -0.2) is 33.3 Å². The zero-order valence-electron chi connectivity index (χ0n) is 15.8. The van der Waals surface area contributed by atoms with Crippen molar-refractivity contribution in [3.63, 3.8) is 0 Å². The molecule has 0 saturated heterocycles. The number of nitrogens with one attached hydrogen (secondary N) is 1. The number of hydrogen-bond donors (Lipinski definition) is 1. The zero-order valence-corrected chi connectivity index (χ0v) is 15.8. The Morgan fingerprint density at radius 3 is 2.44 bits per heavy atom. The van der Waals surface area contributed by atoms with Crippen LogP contribution in [0.4, 0.5) is 0 Å². The first-order valence-electron chi connectivity index (χ1n) is 8.68. The van der Waals surface area contributed by atoms with Crippen molar-refractivity contribution < 1.29 is 9.47 Å². The molecule has 0 aliphatic carbocycles. The van der Waals surface area contributed by atoms with Crippen LogP contribution in [0, 0.1) is 0 Å². The maximum absolute atomic E-state index is 12.5. The molecule has 0 bridgehead atoms. The molecule has 0 aliphatic heterocycles.